The Kier molecular flexibility index (Phi) is 1.91. The highest BCUT2D eigenvalue weighted by Crippen LogP contribution is 2.35. The molecule has 0 unspecified atom stereocenters. The van der Waals surface area contributed by atoms with E-state index in [1.54, 1.807) is 6.07 Å². The molecule has 0 spiro atoms. The lowest BCUT2D eigenvalue weighted by Gasteiger charge is -1.97. The smallest absolute Gasteiger partial charge is 0.182 e. The lowest BCUT2D eigenvalue weighted by Crippen LogP contribution is -1.74. The Morgan fingerprint density at radius 1 is 1.17 bits per heavy atom. The van der Waals surface area contributed by atoms with Crippen molar-refractivity contribution in [2.24, 2.45) is 0 Å². The molecule has 0 aliphatic rings. The largest absolute Gasteiger partial charge is 0.443 e. The molecule has 1 heterocycles. The summed E-state index contributed by atoms with van der Waals surface area (Å²) in [7, 11) is 0. The monoisotopic (exact) mass is 221 g/mol. The third-order valence-electron chi connectivity index (χ3n) is 1.46. The van der Waals surface area contributed by atoms with E-state index in [9.17, 15) is 0 Å². The van der Waals surface area contributed by atoms with E-state index in [0.29, 0.717) is 26.2 Å². The Hall–Kier alpha value is -0.440. The Morgan fingerprint density at radius 3 is 2.67 bits per heavy atom. The van der Waals surface area contributed by atoms with Gasteiger partial charge in [0.25, 0.3) is 0 Å². The lowest BCUT2D eigenvalue weighted by atomic mass is 10.3. The molecule has 2 nitrogen and oxygen atoms in total. The van der Waals surface area contributed by atoms with Crippen LogP contribution in [0.1, 0.15) is 0 Å². The zero-order valence-corrected chi connectivity index (χ0v) is 7.91. The van der Waals surface area contributed by atoms with Crippen molar-refractivity contribution < 1.29 is 4.42 Å². The number of rotatable bonds is 0. The first-order valence-corrected chi connectivity index (χ1v) is 4.20. The van der Waals surface area contributed by atoms with Crippen LogP contribution in [0.5, 0.6) is 0 Å². The van der Waals surface area contributed by atoms with Crippen molar-refractivity contribution in [3.8, 4) is 0 Å². The molecular formula is C7H2Cl3NO. The van der Waals surface area contributed by atoms with Crippen LogP contribution in [-0.4, -0.2) is 4.98 Å². The molecule has 2 aromatic rings. The molecule has 0 aliphatic heterocycles. The second-order valence-electron chi connectivity index (χ2n) is 2.19. The Bertz CT molecular complexity index is 437. The zero-order valence-electron chi connectivity index (χ0n) is 5.64. The summed E-state index contributed by atoms with van der Waals surface area (Å²) in [6.07, 6.45) is 1.29. The van der Waals surface area contributed by atoms with Crippen LogP contribution in [-0.2, 0) is 0 Å². The highest BCUT2D eigenvalue weighted by atomic mass is 35.5. The number of aromatic nitrogens is 1. The zero-order chi connectivity index (χ0) is 8.72. The van der Waals surface area contributed by atoms with E-state index in [2.05, 4.69) is 4.98 Å². The molecule has 1 aromatic carbocycles. The molecule has 0 atom stereocenters. The topological polar surface area (TPSA) is 26.0 Å². The molecule has 62 valence electrons. The molecule has 0 N–H and O–H groups in total. The SMILES string of the molecule is Clc1cc2ocnc2c(Cl)c1Cl. The van der Waals surface area contributed by atoms with E-state index < -0.39 is 0 Å². The van der Waals surface area contributed by atoms with Gasteiger partial charge in [0.15, 0.2) is 12.0 Å². The molecule has 0 aliphatic carbocycles. The van der Waals surface area contributed by atoms with Crippen LogP contribution in [0.4, 0.5) is 0 Å². The minimum Gasteiger partial charge on any atom is -0.443 e. The Morgan fingerprint density at radius 2 is 1.92 bits per heavy atom. The molecule has 2 rings (SSSR count). The van der Waals surface area contributed by atoms with Gasteiger partial charge < -0.3 is 4.42 Å². The van der Waals surface area contributed by atoms with Gasteiger partial charge >= 0.3 is 0 Å². The fraction of sp³-hybridized carbons (Fsp3) is 0. The fourth-order valence-electron chi connectivity index (χ4n) is 0.910. The van der Waals surface area contributed by atoms with Crippen molar-refractivity contribution in [1.82, 2.24) is 4.98 Å². The summed E-state index contributed by atoms with van der Waals surface area (Å²) in [5.41, 5.74) is 1.07. The lowest BCUT2D eigenvalue weighted by molar-refractivity contribution is 0.602. The number of hydrogen-bond donors (Lipinski definition) is 0. The van der Waals surface area contributed by atoms with Crippen LogP contribution in [0.25, 0.3) is 11.1 Å². The van der Waals surface area contributed by atoms with Gasteiger partial charge in [-0.05, 0) is 0 Å². The van der Waals surface area contributed by atoms with E-state index >= 15 is 0 Å². The molecule has 0 saturated carbocycles. The predicted molar refractivity (Wildman–Crippen MR) is 49.0 cm³/mol. The summed E-state index contributed by atoms with van der Waals surface area (Å²) in [6.45, 7) is 0. The number of fused-ring (bicyclic) bond motifs is 1. The van der Waals surface area contributed by atoms with Crippen molar-refractivity contribution in [1.29, 1.82) is 0 Å². The average molecular weight is 222 g/mol. The Labute approximate surface area is 83.0 Å². The minimum atomic E-state index is 0.305. The maximum atomic E-state index is 5.83. The number of halogens is 3. The number of nitrogens with zero attached hydrogens (tertiary/aromatic N) is 1. The maximum absolute atomic E-state index is 5.83. The normalized spacial score (nSPS) is 10.9. The standard InChI is InChI=1S/C7H2Cl3NO/c8-3-1-4-7(11-2-12-4)6(10)5(3)9/h1-2H. The molecule has 0 bridgehead atoms. The highest BCUT2D eigenvalue weighted by Gasteiger charge is 2.11. The molecular weight excluding hydrogens is 220 g/mol. The van der Waals surface area contributed by atoms with Gasteiger partial charge in [-0.1, -0.05) is 34.8 Å². The van der Waals surface area contributed by atoms with Crippen LogP contribution in [0.3, 0.4) is 0 Å². The third-order valence-corrected chi connectivity index (χ3v) is 2.72. The quantitative estimate of drug-likeness (QED) is 0.634. The summed E-state index contributed by atoms with van der Waals surface area (Å²) < 4.78 is 5.00. The van der Waals surface area contributed by atoms with Crippen LogP contribution < -0.4 is 0 Å². The molecule has 0 radical (unpaired) electrons. The van der Waals surface area contributed by atoms with Gasteiger partial charge in [-0.25, -0.2) is 4.98 Å². The second kappa shape index (κ2) is 2.80. The molecule has 0 saturated heterocycles. The Balaban J connectivity index is 2.94. The van der Waals surface area contributed by atoms with E-state index in [1.807, 2.05) is 0 Å². The van der Waals surface area contributed by atoms with Crippen molar-refractivity contribution in [3.63, 3.8) is 0 Å². The first kappa shape index (κ1) is 8.17. The fourth-order valence-corrected chi connectivity index (χ4v) is 1.54. The highest BCUT2D eigenvalue weighted by molar-refractivity contribution is 6.50. The number of oxazole rings is 1. The summed E-state index contributed by atoms with van der Waals surface area (Å²) in [5.74, 6) is 0. The van der Waals surface area contributed by atoms with E-state index in [4.69, 9.17) is 39.2 Å². The van der Waals surface area contributed by atoms with Gasteiger partial charge in [0.1, 0.15) is 5.52 Å². The van der Waals surface area contributed by atoms with Gasteiger partial charge in [0, 0.05) is 6.07 Å². The molecule has 0 amide bonds. The van der Waals surface area contributed by atoms with Crippen molar-refractivity contribution in [3.05, 3.63) is 27.5 Å². The van der Waals surface area contributed by atoms with Crippen LogP contribution >= 0.6 is 34.8 Å². The van der Waals surface area contributed by atoms with E-state index in [0.717, 1.165) is 0 Å². The summed E-state index contributed by atoms with van der Waals surface area (Å²) in [5, 5.41) is 0.999. The third kappa shape index (κ3) is 1.07. The number of hydrogen-bond acceptors (Lipinski definition) is 2. The van der Waals surface area contributed by atoms with Crippen molar-refractivity contribution in [2.75, 3.05) is 0 Å². The maximum Gasteiger partial charge on any atom is 0.182 e. The average Bonchev–Trinajstić information content (AvgIpc) is 2.48. The van der Waals surface area contributed by atoms with Crippen molar-refractivity contribution >= 4 is 45.9 Å². The molecule has 12 heavy (non-hydrogen) atoms. The van der Waals surface area contributed by atoms with Crippen molar-refractivity contribution in [2.45, 2.75) is 0 Å². The second-order valence-corrected chi connectivity index (χ2v) is 3.35. The van der Waals surface area contributed by atoms with Crippen LogP contribution in [0, 0.1) is 0 Å². The van der Waals surface area contributed by atoms with Gasteiger partial charge in [-0.3, -0.25) is 0 Å². The van der Waals surface area contributed by atoms with Crippen LogP contribution in [0.15, 0.2) is 16.9 Å². The summed E-state index contributed by atoms with van der Waals surface area (Å²) in [4.78, 5) is 3.88. The van der Waals surface area contributed by atoms with Gasteiger partial charge in [0.2, 0.25) is 0 Å². The summed E-state index contributed by atoms with van der Waals surface area (Å²) in [6, 6.07) is 1.58. The van der Waals surface area contributed by atoms with Gasteiger partial charge in [0.05, 0.1) is 15.1 Å². The number of benzene rings is 1. The van der Waals surface area contributed by atoms with E-state index in [1.165, 1.54) is 6.39 Å². The minimum absolute atomic E-state index is 0.305. The van der Waals surface area contributed by atoms with Gasteiger partial charge in [-0.2, -0.15) is 0 Å². The first-order chi connectivity index (χ1) is 5.70. The molecule has 0 fully saturated rings. The van der Waals surface area contributed by atoms with Crippen LogP contribution in [0.2, 0.25) is 15.1 Å². The van der Waals surface area contributed by atoms with Gasteiger partial charge in [-0.15, -0.1) is 0 Å². The molecule has 5 heteroatoms. The summed E-state index contributed by atoms with van der Waals surface area (Å²) >= 11 is 17.3. The van der Waals surface area contributed by atoms with E-state index in [-0.39, 0.29) is 0 Å². The molecule has 1 aromatic heterocycles. The first-order valence-electron chi connectivity index (χ1n) is 3.07. The predicted octanol–water partition coefficient (Wildman–Crippen LogP) is 3.79.